The van der Waals surface area contributed by atoms with Crippen molar-refractivity contribution in [3.8, 4) is 0 Å². The average Bonchev–Trinajstić information content (AvgIpc) is 3.09. The summed E-state index contributed by atoms with van der Waals surface area (Å²) in [6, 6.07) is 0. The molecule has 130 valence electrons. The maximum atomic E-state index is 2.45. The Hall–Kier alpha value is 0.410. The first kappa shape index (κ1) is 23.4. The second kappa shape index (κ2) is 11.9. The van der Waals surface area contributed by atoms with Gasteiger partial charge < -0.3 is 0 Å². The van der Waals surface area contributed by atoms with E-state index in [0.717, 1.165) is 11.8 Å². The summed E-state index contributed by atoms with van der Waals surface area (Å²) in [7, 11) is 0. The molecule has 0 amide bonds. The predicted octanol–water partition coefficient (Wildman–Crippen LogP) is 7.21. The maximum absolute atomic E-state index is 2.45. The van der Waals surface area contributed by atoms with Crippen LogP contribution in [0, 0.1) is 11.8 Å². The van der Waals surface area contributed by atoms with Gasteiger partial charge in [-0.15, -0.1) is 24.8 Å². The smallest absolute Gasteiger partial charge is 0.147 e. The van der Waals surface area contributed by atoms with E-state index in [9.17, 15) is 0 Å². The van der Waals surface area contributed by atoms with E-state index >= 15 is 0 Å². The molecular weight excluding hydrogens is 490 g/mol. The molecule has 0 aromatic heterocycles. The zero-order chi connectivity index (χ0) is 15.2. The van der Waals surface area contributed by atoms with Crippen LogP contribution >= 0.6 is 24.8 Å². The Kier molecular flexibility index (Phi) is 12.1. The summed E-state index contributed by atoms with van der Waals surface area (Å²) in [6.07, 6.45) is 17.6. The topological polar surface area (TPSA) is 0 Å². The number of rotatable bonds is 8. The minimum atomic E-state index is -0.788. The Bertz CT molecular complexity index is 442. The van der Waals surface area contributed by atoms with Crippen LogP contribution in [0.4, 0.5) is 0 Å². The van der Waals surface area contributed by atoms with Crippen molar-refractivity contribution >= 4 is 24.8 Å². The fraction of sp³-hybridized carbons (Fsp3) is 0.600. The summed E-state index contributed by atoms with van der Waals surface area (Å²) in [5.41, 5.74) is 3.45. The SMILES string of the molecule is CCCC(C)C1=[C]([Hf][C]2=C(C(C)CCC)C=CC2)CC=C1.Cl.Cl. The molecule has 0 fully saturated rings. The molecule has 0 aromatic carbocycles. The molecule has 0 spiro atoms. The molecule has 3 heteroatoms. The summed E-state index contributed by atoms with van der Waals surface area (Å²) in [5, 5.41) is 0. The van der Waals surface area contributed by atoms with Crippen LogP contribution in [-0.2, 0) is 22.9 Å². The first-order chi connectivity index (χ1) is 10.2. The van der Waals surface area contributed by atoms with Gasteiger partial charge in [-0.05, 0) is 0 Å². The van der Waals surface area contributed by atoms with E-state index in [-0.39, 0.29) is 24.8 Å². The van der Waals surface area contributed by atoms with Crippen LogP contribution < -0.4 is 0 Å². The maximum Gasteiger partial charge on any atom is -0.147 e. The van der Waals surface area contributed by atoms with Crippen LogP contribution in [-0.4, -0.2) is 0 Å². The molecule has 2 aliphatic carbocycles. The fourth-order valence-electron chi connectivity index (χ4n) is 3.57. The van der Waals surface area contributed by atoms with Gasteiger partial charge in [-0.2, -0.15) is 0 Å². The minimum absolute atomic E-state index is 0. The molecule has 0 bridgehead atoms. The van der Waals surface area contributed by atoms with Crippen LogP contribution in [0.1, 0.15) is 66.2 Å². The van der Waals surface area contributed by atoms with Gasteiger partial charge in [0.15, 0.2) is 0 Å². The Morgan fingerprint density at radius 2 is 1.22 bits per heavy atom. The molecule has 0 radical (unpaired) electrons. The first-order valence-electron chi connectivity index (χ1n) is 8.73. The quantitative estimate of drug-likeness (QED) is 0.296. The van der Waals surface area contributed by atoms with Crippen LogP contribution in [0.15, 0.2) is 42.1 Å². The largest absolute Gasteiger partial charge is 0.147 e. The van der Waals surface area contributed by atoms with E-state index in [4.69, 9.17) is 0 Å². The van der Waals surface area contributed by atoms with Gasteiger partial charge in [0, 0.05) is 0 Å². The van der Waals surface area contributed by atoms with Gasteiger partial charge in [-0.25, -0.2) is 0 Å². The van der Waals surface area contributed by atoms with Crippen LogP contribution in [0.3, 0.4) is 0 Å². The Morgan fingerprint density at radius 1 is 0.826 bits per heavy atom. The van der Waals surface area contributed by atoms with E-state index in [1.54, 1.807) is 11.1 Å². The third kappa shape index (κ3) is 6.33. The zero-order valence-corrected chi connectivity index (χ0v) is 20.2. The minimum Gasteiger partial charge on any atom is -0.147 e. The van der Waals surface area contributed by atoms with Crippen molar-refractivity contribution in [2.75, 3.05) is 0 Å². The molecular formula is C20H32Cl2Hf. The zero-order valence-electron chi connectivity index (χ0n) is 15.0. The van der Waals surface area contributed by atoms with E-state index in [0.29, 0.717) is 0 Å². The van der Waals surface area contributed by atoms with E-state index < -0.39 is 22.9 Å². The Balaban J connectivity index is 0.00000242. The van der Waals surface area contributed by atoms with Crippen molar-refractivity contribution in [3.63, 3.8) is 0 Å². The standard InChI is InChI=1S/2C10H15.2ClH.Hf/c2*1-3-6-9(2)10-7-4-5-8-10;;;/h2*4,7,9H,3,5-6H2,1-2H3;2*1H;. The van der Waals surface area contributed by atoms with E-state index in [2.05, 4.69) is 52.0 Å². The molecule has 0 aromatic rings. The van der Waals surface area contributed by atoms with Gasteiger partial charge in [-0.3, -0.25) is 0 Å². The molecule has 0 N–H and O–H groups in total. The molecule has 0 heterocycles. The summed E-state index contributed by atoms with van der Waals surface area (Å²) < 4.78 is 3.77. The van der Waals surface area contributed by atoms with Gasteiger partial charge in [0.05, 0.1) is 0 Å². The van der Waals surface area contributed by atoms with Crippen molar-refractivity contribution in [1.29, 1.82) is 0 Å². The first-order valence-corrected chi connectivity index (χ1v) is 12.3. The molecule has 2 atom stereocenters. The summed E-state index contributed by atoms with van der Waals surface area (Å²) in [6.45, 7) is 9.48. The molecule has 0 nitrogen and oxygen atoms in total. The number of hydrogen-bond acceptors (Lipinski definition) is 0. The van der Waals surface area contributed by atoms with Crippen LogP contribution in [0.5, 0.6) is 0 Å². The third-order valence-corrected chi connectivity index (χ3v) is 10.5. The second-order valence-electron chi connectivity index (χ2n) is 6.59. The molecule has 0 aliphatic heterocycles. The Morgan fingerprint density at radius 3 is 1.57 bits per heavy atom. The molecule has 0 saturated carbocycles. The molecule has 23 heavy (non-hydrogen) atoms. The molecule has 2 aliphatic rings. The van der Waals surface area contributed by atoms with Gasteiger partial charge in [0.2, 0.25) is 0 Å². The van der Waals surface area contributed by atoms with Crippen molar-refractivity contribution in [2.45, 2.75) is 66.2 Å². The van der Waals surface area contributed by atoms with Gasteiger partial charge in [0.25, 0.3) is 0 Å². The van der Waals surface area contributed by atoms with Gasteiger partial charge in [0.1, 0.15) is 0 Å². The van der Waals surface area contributed by atoms with E-state index in [1.165, 1.54) is 38.5 Å². The monoisotopic (exact) mass is 522 g/mol. The molecule has 2 unspecified atom stereocenters. The number of halogens is 2. The van der Waals surface area contributed by atoms with Gasteiger partial charge >= 0.3 is 143 Å². The van der Waals surface area contributed by atoms with Crippen LogP contribution in [0.25, 0.3) is 0 Å². The van der Waals surface area contributed by atoms with Crippen molar-refractivity contribution < 1.29 is 22.9 Å². The normalized spacial score (nSPS) is 18.8. The number of allylic oxidation sites excluding steroid dienone is 8. The average molecular weight is 522 g/mol. The Labute approximate surface area is 167 Å². The number of hydrogen-bond donors (Lipinski definition) is 0. The summed E-state index contributed by atoms with van der Waals surface area (Å²) in [5.74, 6) is 1.56. The van der Waals surface area contributed by atoms with Crippen molar-refractivity contribution in [3.05, 3.63) is 42.1 Å². The summed E-state index contributed by atoms with van der Waals surface area (Å²) >= 11 is -0.788. The van der Waals surface area contributed by atoms with Crippen molar-refractivity contribution in [1.82, 2.24) is 0 Å². The predicted molar refractivity (Wildman–Crippen MR) is 104 cm³/mol. The fourth-order valence-corrected chi connectivity index (χ4v) is 9.87. The molecule has 2 rings (SSSR count). The van der Waals surface area contributed by atoms with Crippen LogP contribution in [0.2, 0.25) is 0 Å². The third-order valence-electron chi connectivity index (χ3n) is 4.74. The second-order valence-corrected chi connectivity index (χ2v) is 11.8. The van der Waals surface area contributed by atoms with Gasteiger partial charge in [-0.1, -0.05) is 0 Å². The van der Waals surface area contributed by atoms with E-state index in [1.807, 2.05) is 6.66 Å². The summed E-state index contributed by atoms with van der Waals surface area (Å²) in [4.78, 5) is 0. The molecule has 0 saturated heterocycles. The van der Waals surface area contributed by atoms with Crippen molar-refractivity contribution in [2.24, 2.45) is 11.8 Å².